The van der Waals surface area contributed by atoms with Crippen LogP contribution in [0.3, 0.4) is 0 Å². The number of rotatable bonds is 5. The Balaban J connectivity index is 1.36. The lowest BCUT2D eigenvalue weighted by Crippen LogP contribution is -2.46. The molecule has 2 aromatic heterocycles. The number of nitrogens with two attached hydrogens (primary N) is 1. The zero-order chi connectivity index (χ0) is 22.9. The minimum Gasteiger partial charge on any atom is -0.376 e. The maximum atomic E-state index is 14.6. The molecule has 1 saturated heterocycles. The van der Waals surface area contributed by atoms with Crippen molar-refractivity contribution < 1.29 is 9.18 Å². The van der Waals surface area contributed by atoms with Crippen molar-refractivity contribution >= 4 is 23.0 Å². The van der Waals surface area contributed by atoms with Crippen LogP contribution in [-0.4, -0.2) is 35.0 Å². The van der Waals surface area contributed by atoms with E-state index in [0.29, 0.717) is 30.1 Å². The van der Waals surface area contributed by atoms with Crippen LogP contribution in [0.1, 0.15) is 24.6 Å². The number of halogens is 1. The summed E-state index contributed by atoms with van der Waals surface area (Å²) in [6.45, 7) is 4.38. The van der Waals surface area contributed by atoms with Crippen LogP contribution in [0.25, 0.3) is 11.3 Å². The van der Waals surface area contributed by atoms with Gasteiger partial charge in [0.15, 0.2) is 0 Å². The Hall–Kier alpha value is -3.52. The number of amides is 1. The summed E-state index contributed by atoms with van der Waals surface area (Å²) in [5.74, 6) is 0.0689. The fourth-order valence-corrected chi connectivity index (χ4v) is 4.73. The molecule has 2 unspecified atom stereocenters. The second kappa shape index (κ2) is 8.78. The number of hydrogen-bond acceptors (Lipinski definition) is 6. The van der Waals surface area contributed by atoms with Crippen LogP contribution in [0.15, 0.2) is 48.8 Å². The summed E-state index contributed by atoms with van der Waals surface area (Å²) >= 11 is 0. The predicted octanol–water partition coefficient (Wildman–Crippen LogP) is 3.56. The van der Waals surface area contributed by atoms with Gasteiger partial charge in [0.1, 0.15) is 11.5 Å². The van der Waals surface area contributed by atoms with E-state index in [1.807, 2.05) is 18.2 Å². The monoisotopic (exact) mass is 446 g/mol. The molecule has 0 spiro atoms. The SMILES string of the molecule is CC1CC(N)CN(c2ccncc2NCc2ccc(F)c(-c3ccc4c(c3)NC(=O)C4)n2)C1. The van der Waals surface area contributed by atoms with E-state index in [1.54, 1.807) is 24.5 Å². The van der Waals surface area contributed by atoms with Crippen LogP contribution in [0.2, 0.25) is 0 Å². The van der Waals surface area contributed by atoms with Gasteiger partial charge in [0.2, 0.25) is 5.91 Å². The fraction of sp³-hybridized carbons (Fsp3) is 0.320. The van der Waals surface area contributed by atoms with Crippen LogP contribution >= 0.6 is 0 Å². The Bertz CT molecular complexity index is 1190. The average molecular weight is 447 g/mol. The summed E-state index contributed by atoms with van der Waals surface area (Å²) in [6, 6.07) is 10.7. The smallest absolute Gasteiger partial charge is 0.228 e. The largest absolute Gasteiger partial charge is 0.376 e. The second-order valence-electron chi connectivity index (χ2n) is 8.98. The molecule has 33 heavy (non-hydrogen) atoms. The number of nitrogens with zero attached hydrogens (tertiary/aromatic N) is 3. The van der Waals surface area contributed by atoms with Gasteiger partial charge in [-0.2, -0.15) is 0 Å². The van der Waals surface area contributed by atoms with Crippen LogP contribution < -0.4 is 21.3 Å². The lowest BCUT2D eigenvalue weighted by molar-refractivity contribution is -0.115. The molecule has 1 fully saturated rings. The molecule has 7 nitrogen and oxygen atoms in total. The average Bonchev–Trinajstić information content (AvgIpc) is 3.17. The minimum absolute atomic E-state index is 0.0511. The molecule has 4 heterocycles. The van der Waals surface area contributed by atoms with Crippen LogP contribution in [0, 0.1) is 11.7 Å². The first-order valence-electron chi connectivity index (χ1n) is 11.2. The van der Waals surface area contributed by atoms with Gasteiger partial charge in [-0.25, -0.2) is 9.37 Å². The molecule has 1 amide bonds. The van der Waals surface area contributed by atoms with Gasteiger partial charge in [0, 0.05) is 36.6 Å². The molecule has 5 rings (SSSR count). The van der Waals surface area contributed by atoms with E-state index in [1.165, 1.54) is 6.07 Å². The Morgan fingerprint density at radius 2 is 2.12 bits per heavy atom. The van der Waals surface area contributed by atoms with Crippen molar-refractivity contribution in [3.05, 3.63) is 65.9 Å². The highest BCUT2D eigenvalue weighted by atomic mass is 19.1. The Morgan fingerprint density at radius 3 is 2.97 bits per heavy atom. The molecule has 2 aliphatic heterocycles. The molecule has 2 aliphatic rings. The Morgan fingerprint density at radius 1 is 1.24 bits per heavy atom. The number of piperidine rings is 1. The first kappa shape index (κ1) is 21.3. The van der Waals surface area contributed by atoms with E-state index in [2.05, 4.69) is 32.4 Å². The number of hydrogen-bond donors (Lipinski definition) is 3. The molecule has 8 heteroatoms. The van der Waals surface area contributed by atoms with Crippen molar-refractivity contribution in [1.29, 1.82) is 0 Å². The Kier molecular flexibility index (Phi) is 5.68. The first-order valence-corrected chi connectivity index (χ1v) is 11.2. The van der Waals surface area contributed by atoms with Gasteiger partial charge in [-0.3, -0.25) is 9.78 Å². The summed E-state index contributed by atoms with van der Waals surface area (Å²) in [4.78, 5) is 22.8. The first-order chi connectivity index (χ1) is 16.0. The van der Waals surface area contributed by atoms with Gasteiger partial charge < -0.3 is 21.3 Å². The van der Waals surface area contributed by atoms with E-state index in [0.717, 1.165) is 42.1 Å². The molecule has 0 bridgehead atoms. The van der Waals surface area contributed by atoms with E-state index in [-0.39, 0.29) is 17.6 Å². The van der Waals surface area contributed by atoms with Crippen LogP contribution in [0.4, 0.5) is 21.5 Å². The summed E-state index contributed by atoms with van der Waals surface area (Å²) in [7, 11) is 0. The number of anilines is 3. The Labute approximate surface area is 192 Å². The highest BCUT2D eigenvalue weighted by molar-refractivity contribution is 5.99. The molecule has 1 aromatic carbocycles. The summed E-state index contributed by atoms with van der Waals surface area (Å²) in [5.41, 5.74) is 11.4. The third kappa shape index (κ3) is 4.52. The molecule has 0 aliphatic carbocycles. The van der Waals surface area contributed by atoms with E-state index in [4.69, 9.17) is 5.73 Å². The minimum atomic E-state index is -0.401. The van der Waals surface area contributed by atoms with E-state index in [9.17, 15) is 9.18 Å². The van der Waals surface area contributed by atoms with E-state index >= 15 is 0 Å². The highest BCUT2D eigenvalue weighted by Gasteiger charge is 2.24. The second-order valence-corrected chi connectivity index (χ2v) is 8.98. The number of fused-ring (bicyclic) bond motifs is 1. The van der Waals surface area contributed by atoms with Crippen molar-refractivity contribution in [1.82, 2.24) is 9.97 Å². The van der Waals surface area contributed by atoms with Crippen molar-refractivity contribution in [2.24, 2.45) is 11.7 Å². The number of aromatic nitrogens is 2. The maximum absolute atomic E-state index is 14.6. The zero-order valence-corrected chi connectivity index (χ0v) is 18.5. The number of benzene rings is 1. The summed E-state index contributed by atoms with van der Waals surface area (Å²) in [6.07, 6.45) is 4.96. The lowest BCUT2D eigenvalue weighted by Gasteiger charge is -2.37. The highest BCUT2D eigenvalue weighted by Crippen LogP contribution is 2.31. The van der Waals surface area contributed by atoms with Crippen molar-refractivity contribution in [3.8, 4) is 11.3 Å². The number of nitrogens with one attached hydrogen (secondary N) is 2. The summed E-state index contributed by atoms with van der Waals surface area (Å²) < 4.78 is 14.6. The third-order valence-corrected chi connectivity index (χ3v) is 6.20. The van der Waals surface area contributed by atoms with Gasteiger partial charge in [-0.1, -0.05) is 19.1 Å². The molecule has 170 valence electrons. The number of pyridine rings is 2. The standard InChI is InChI=1S/C25H27FN6O/c1-15-8-18(27)14-32(13-15)23-6-7-28-12-22(23)29-11-19-4-5-20(26)25(30-19)17-3-2-16-10-24(33)31-21(16)9-17/h2-7,9,12,15,18,29H,8,10-11,13-14,27H2,1H3,(H,31,33). The van der Waals surface area contributed by atoms with Crippen LogP contribution in [-0.2, 0) is 17.8 Å². The van der Waals surface area contributed by atoms with Crippen molar-refractivity contribution in [3.63, 3.8) is 0 Å². The fourth-order valence-electron chi connectivity index (χ4n) is 4.73. The van der Waals surface area contributed by atoms with E-state index < -0.39 is 5.82 Å². The van der Waals surface area contributed by atoms with Gasteiger partial charge in [-0.05, 0) is 42.2 Å². The van der Waals surface area contributed by atoms with Gasteiger partial charge >= 0.3 is 0 Å². The van der Waals surface area contributed by atoms with Gasteiger partial charge in [-0.15, -0.1) is 0 Å². The molecule has 0 saturated carbocycles. The maximum Gasteiger partial charge on any atom is 0.228 e. The number of carbonyl (C=O) groups is 1. The molecule has 3 aromatic rings. The van der Waals surface area contributed by atoms with Crippen molar-refractivity contribution in [2.45, 2.75) is 32.4 Å². The zero-order valence-electron chi connectivity index (χ0n) is 18.5. The molecule has 0 radical (unpaired) electrons. The predicted molar refractivity (Wildman–Crippen MR) is 127 cm³/mol. The molecular formula is C25H27FN6O. The van der Waals surface area contributed by atoms with Crippen molar-refractivity contribution in [2.75, 3.05) is 28.6 Å². The number of carbonyl (C=O) groups excluding carboxylic acids is 1. The topological polar surface area (TPSA) is 96.2 Å². The third-order valence-electron chi connectivity index (χ3n) is 6.20. The lowest BCUT2D eigenvalue weighted by atomic mass is 9.96. The molecule has 4 N–H and O–H groups in total. The molecular weight excluding hydrogens is 419 g/mol. The summed E-state index contributed by atoms with van der Waals surface area (Å²) in [5, 5.41) is 6.22. The normalized spacial score (nSPS) is 19.8. The quantitative estimate of drug-likeness (QED) is 0.555. The van der Waals surface area contributed by atoms with Gasteiger partial charge in [0.05, 0.1) is 36.2 Å². The molecule has 2 atom stereocenters. The van der Waals surface area contributed by atoms with Gasteiger partial charge in [0.25, 0.3) is 0 Å². The van der Waals surface area contributed by atoms with Crippen LogP contribution in [0.5, 0.6) is 0 Å².